The van der Waals surface area contributed by atoms with Gasteiger partial charge in [0.1, 0.15) is 0 Å². The van der Waals surface area contributed by atoms with E-state index in [9.17, 15) is 29.2 Å². The van der Waals surface area contributed by atoms with E-state index in [4.69, 9.17) is 19.5 Å². The van der Waals surface area contributed by atoms with Gasteiger partial charge in [0.25, 0.3) is 0 Å². The maximum absolute atomic E-state index is 11.5. The molecule has 2 aliphatic carbocycles. The van der Waals surface area contributed by atoms with Crippen molar-refractivity contribution in [1.82, 2.24) is 10.6 Å². The Labute approximate surface area is 198 Å². The van der Waals surface area contributed by atoms with Gasteiger partial charge in [-0.25, -0.2) is 0 Å². The molecule has 0 aromatic carbocycles. The molecule has 188 valence electrons. The number of rotatable bonds is 8. The Morgan fingerprint density at radius 3 is 1.26 bits per heavy atom. The summed E-state index contributed by atoms with van der Waals surface area (Å²) in [6, 6.07) is 0. The maximum Gasteiger partial charge on any atom is 0.478 e. The van der Waals surface area contributed by atoms with Crippen LogP contribution in [0, 0.1) is 11.8 Å². The monoisotopic (exact) mass is 482 g/mol. The van der Waals surface area contributed by atoms with Gasteiger partial charge in [0.05, 0.1) is 36.9 Å². The number of carboxylic acid groups (broad SMARTS) is 2. The number of carbonyl (C=O) groups excluding carboxylic acids is 2. The van der Waals surface area contributed by atoms with E-state index in [0.29, 0.717) is 25.7 Å². The Morgan fingerprint density at radius 1 is 0.647 bits per heavy atom. The molecule has 2 aliphatic heterocycles. The molecule has 6 N–H and O–H groups in total. The summed E-state index contributed by atoms with van der Waals surface area (Å²) in [5.74, 6) is -2.58. The van der Waals surface area contributed by atoms with Gasteiger partial charge in [-0.2, -0.15) is 0 Å². The first-order chi connectivity index (χ1) is 16.1. The van der Waals surface area contributed by atoms with Crippen molar-refractivity contribution in [2.75, 3.05) is 0 Å². The van der Waals surface area contributed by atoms with Gasteiger partial charge in [0.2, 0.25) is 11.8 Å². The molecule has 2 unspecified atom stereocenters. The molecule has 0 aromatic rings. The van der Waals surface area contributed by atoms with E-state index in [1.807, 2.05) is 0 Å². The molecule has 12 nitrogen and oxygen atoms in total. The van der Waals surface area contributed by atoms with Crippen molar-refractivity contribution >= 4 is 38.0 Å². The van der Waals surface area contributed by atoms with Crippen LogP contribution in [0.25, 0.3) is 0 Å². The molecule has 0 aromatic heterocycles. The third kappa shape index (κ3) is 8.57. The largest absolute Gasteiger partial charge is 0.481 e. The third-order valence-corrected chi connectivity index (χ3v) is 6.31. The second-order valence-electron chi connectivity index (χ2n) is 9.43. The lowest BCUT2D eigenvalue weighted by molar-refractivity contribution is -0.140. The highest BCUT2D eigenvalue weighted by Gasteiger charge is 2.40. The summed E-state index contributed by atoms with van der Waals surface area (Å²) in [7, 11) is -2.20. The summed E-state index contributed by atoms with van der Waals surface area (Å²) in [5, 5.41) is 42.1. The fourth-order valence-electron chi connectivity index (χ4n) is 4.01. The van der Waals surface area contributed by atoms with Gasteiger partial charge in [-0.1, -0.05) is 0 Å². The average molecular weight is 482 g/mol. The van der Waals surface area contributed by atoms with Crippen LogP contribution < -0.4 is 10.6 Å². The predicted molar refractivity (Wildman–Crippen MR) is 118 cm³/mol. The molecule has 2 amide bonds. The van der Waals surface area contributed by atoms with E-state index in [-0.39, 0.29) is 36.5 Å². The molecule has 0 radical (unpaired) electrons. The molecule has 4 rings (SSSR count). The fourth-order valence-corrected chi connectivity index (χ4v) is 4.01. The number of nitrogens with one attached hydrogen (secondary N) is 2. The first-order valence-electron chi connectivity index (χ1n) is 11.8. The van der Waals surface area contributed by atoms with Gasteiger partial charge in [-0.15, -0.1) is 0 Å². The lowest BCUT2D eigenvalue weighted by Crippen LogP contribution is -2.53. The highest BCUT2D eigenvalue weighted by atomic mass is 16.5. The highest BCUT2D eigenvalue weighted by Crippen LogP contribution is 2.30. The Bertz CT molecular complexity index is 702. The Kier molecular flexibility index (Phi) is 9.34. The van der Waals surface area contributed by atoms with E-state index in [1.54, 1.807) is 0 Å². The number of hydrogen-bond acceptors (Lipinski definition) is 8. The van der Waals surface area contributed by atoms with Crippen LogP contribution in [-0.4, -0.2) is 82.3 Å². The fraction of sp³-hybridized carbons (Fsp3) is 0.800. The number of carboxylic acids is 2. The molecule has 34 heavy (non-hydrogen) atoms. The summed E-state index contributed by atoms with van der Waals surface area (Å²) in [5.41, 5.74) is 0. The summed E-state index contributed by atoms with van der Waals surface area (Å²) >= 11 is 0. The molecule has 0 spiro atoms. The lowest BCUT2D eigenvalue weighted by atomic mass is 9.72. The molecule has 2 heterocycles. The molecular formula is C20H32B2N2O10. The van der Waals surface area contributed by atoms with E-state index in [1.165, 1.54) is 0 Å². The van der Waals surface area contributed by atoms with Crippen molar-refractivity contribution in [1.29, 1.82) is 0 Å². The van der Waals surface area contributed by atoms with Gasteiger partial charge < -0.3 is 40.2 Å². The summed E-state index contributed by atoms with van der Waals surface area (Å²) in [4.78, 5) is 44.0. The van der Waals surface area contributed by atoms with Crippen LogP contribution in [0.2, 0.25) is 0 Å². The topological polar surface area (TPSA) is 192 Å². The molecule has 14 heteroatoms. The number of aliphatic carboxylic acids is 2. The molecular weight excluding hydrogens is 450 g/mol. The number of amides is 2. The maximum atomic E-state index is 11.5. The third-order valence-electron chi connectivity index (χ3n) is 6.31. The SMILES string of the molecule is O=C(O)CC1CC[C@H](NC(=O)C2CC2)B(O)O1.O=C(O)CC1CC[C@H](NC(=O)C2CC2)B(O)O1. The van der Waals surface area contributed by atoms with E-state index in [2.05, 4.69) is 10.6 Å². The van der Waals surface area contributed by atoms with E-state index < -0.39 is 50.3 Å². The molecule has 2 saturated carbocycles. The predicted octanol–water partition coefficient (Wildman–Crippen LogP) is -0.891. The zero-order valence-electron chi connectivity index (χ0n) is 18.9. The van der Waals surface area contributed by atoms with Crippen LogP contribution in [-0.2, 0) is 28.5 Å². The smallest absolute Gasteiger partial charge is 0.478 e. The average Bonchev–Trinajstić information content (AvgIpc) is 3.63. The number of carbonyl (C=O) groups is 4. The van der Waals surface area contributed by atoms with Gasteiger partial charge in [0.15, 0.2) is 0 Å². The Hall–Kier alpha value is -2.15. The van der Waals surface area contributed by atoms with Gasteiger partial charge in [-0.05, 0) is 51.4 Å². The van der Waals surface area contributed by atoms with Crippen LogP contribution in [0.15, 0.2) is 0 Å². The van der Waals surface area contributed by atoms with Crippen molar-refractivity contribution in [3.05, 3.63) is 0 Å². The van der Waals surface area contributed by atoms with Crippen LogP contribution in [0.3, 0.4) is 0 Å². The van der Waals surface area contributed by atoms with E-state index in [0.717, 1.165) is 25.7 Å². The molecule has 2 saturated heterocycles. The highest BCUT2D eigenvalue weighted by molar-refractivity contribution is 6.46. The normalized spacial score (nSPS) is 28.9. The van der Waals surface area contributed by atoms with Crippen molar-refractivity contribution in [2.24, 2.45) is 11.8 Å². The number of hydrogen-bond donors (Lipinski definition) is 6. The van der Waals surface area contributed by atoms with Crippen LogP contribution in [0.1, 0.15) is 64.2 Å². The second kappa shape index (κ2) is 12.0. The van der Waals surface area contributed by atoms with Crippen LogP contribution in [0.4, 0.5) is 0 Å². The summed E-state index contributed by atoms with van der Waals surface area (Å²) < 4.78 is 10.3. The van der Waals surface area contributed by atoms with Gasteiger partial charge in [0, 0.05) is 11.8 Å². The first kappa shape index (κ1) is 26.5. The molecule has 4 fully saturated rings. The minimum Gasteiger partial charge on any atom is -0.481 e. The van der Waals surface area contributed by atoms with Crippen molar-refractivity contribution in [3.8, 4) is 0 Å². The molecule has 4 aliphatic rings. The second-order valence-corrected chi connectivity index (χ2v) is 9.43. The quantitative estimate of drug-likeness (QED) is 0.237. The van der Waals surface area contributed by atoms with Crippen molar-refractivity contribution < 1.29 is 48.7 Å². The Morgan fingerprint density at radius 2 is 1.00 bits per heavy atom. The lowest BCUT2D eigenvalue weighted by Gasteiger charge is -2.30. The summed E-state index contributed by atoms with van der Waals surface area (Å²) in [6.07, 6.45) is 4.70. The Balaban J connectivity index is 0.000000191. The molecule has 0 bridgehead atoms. The van der Waals surface area contributed by atoms with E-state index >= 15 is 0 Å². The van der Waals surface area contributed by atoms with Crippen molar-refractivity contribution in [2.45, 2.75) is 88.3 Å². The minimum absolute atomic E-state index is 0.0330. The zero-order chi connectivity index (χ0) is 24.8. The van der Waals surface area contributed by atoms with Crippen molar-refractivity contribution in [3.63, 3.8) is 0 Å². The van der Waals surface area contributed by atoms with Crippen LogP contribution in [0.5, 0.6) is 0 Å². The molecule has 4 atom stereocenters. The van der Waals surface area contributed by atoms with Gasteiger partial charge in [-0.3, -0.25) is 19.2 Å². The standard InChI is InChI=1S/2C10H16BNO5/c2*13-9(14)5-7-3-4-8(11(16)17-7)12-10(15)6-1-2-6/h2*6-8,16H,1-5H2,(H,12,15)(H,13,14)/t2*7?,8-/m00/s1. The minimum atomic E-state index is -1.10. The summed E-state index contributed by atoms with van der Waals surface area (Å²) in [6.45, 7) is 0. The zero-order valence-corrected chi connectivity index (χ0v) is 18.9. The van der Waals surface area contributed by atoms with Crippen LogP contribution >= 0.6 is 0 Å². The van der Waals surface area contributed by atoms with Gasteiger partial charge >= 0.3 is 26.2 Å². The first-order valence-corrected chi connectivity index (χ1v) is 11.8.